The van der Waals surface area contributed by atoms with Gasteiger partial charge in [0.2, 0.25) is 0 Å². The molecule has 0 aliphatic heterocycles. The average molecular weight is 204 g/mol. The fraction of sp³-hybridized carbons (Fsp3) is 0.200. The topological polar surface area (TPSA) is 77.0 Å². The molecule has 2 aromatic rings. The van der Waals surface area contributed by atoms with E-state index >= 15 is 0 Å². The van der Waals surface area contributed by atoms with Crippen molar-refractivity contribution in [3.8, 4) is 0 Å². The van der Waals surface area contributed by atoms with Crippen LogP contribution in [0.4, 0.5) is 11.6 Å². The molecule has 0 aromatic carbocycles. The average Bonchev–Trinajstić information content (AvgIpc) is 2.74. The first kappa shape index (κ1) is 9.51. The van der Waals surface area contributed by atoms with Crippen LogP contribution in [0, 0.1) is 0 Å². The first-order valence-electron chi connectivity index (χ1n) is 4.62. The third-order valence-electron chi connectivity index (χ3n) is 2.12. The molecule has 0 saturated carbocycles. The minimum atomic E-state index is 0.0859. The van der Waals surface area contributed by atoms with Crippen LogP contribution in [0.5, 0.6) is 0 Å². The Hall–Kier alpha value is -2.04. The Morgan fingerprint density at radius 2 is 2.20 bits per heavy atom. The highest BCUT2D eigenvalue weighted by Gasteiger charge is 2.09. The van der Waals surface area contributed by atoms with Gasteiger partial charge < -0.3 is 15.5 Å². The van der Waals surface area contributed by atoms with Crippen molar-refractivity contribution in [2.75, 3.05) is 11.1 Å². The quantitative estimate of drug-likeness (QED) is 0.797. The summed E-state index contributed by atoms with van der Waals surface area (Å²) in [5.41, 5.74) is 6.70. The van der Waals surface area contributed by atoms with Gasteiger partial charge in [-0.2, -0.15) is 0 Å². The lowest BCUT2D eigenvalue weighted by atomic mass is 10.2. The zero-order chi connectivity index (χ0) is 10.7. The SMILES string of the molecule is C[C@H](Nc1nccnc1N)c1ccoc1. The Morgan fingerprint density at radius 3 is 2.87 bits per heavy atom. The smallest absolute Gasteiger partial charge is 0.169 e. The van der Waals surface area contributed by atoms with Gasteiger partial charge in [-0.05, 0) is 13.0 Å². The summed E-state index contributed by atoms with van der Waals surface area (Å²) in [7, 11) is 0. The number of nitrogens with zero attached hydrogens (tertiary/aromatic N) is 2. The fourth-order valence-corrected chi connectivity index (χ4v) is 1.27. The van der Waals surface area contributed by atoms with Gasteiger partial charge in [0.05, 0.1) is 18.6 Å². The van der Waals surface area contributed by atoms with Crippen LogP contribution in [0.2, 0.25) is 0 Å². The molecule has 0 saturated heterocycles. The Kier molecular flexibility index (Phi) is 2.53. The summed E-state index contributed by atoms with van der Waals surface area (Å²) >= 11 is 0. The lowest BCUT2D eigenvalue weighted by Gasteiger charge is -2.13. The first-order chi connectivity index (χ1) is 7.27. The van der Waals surface area contributed by atoms with Crippen molar-refractivity contribution >= 4 is 11.6 Å². The van der Waals surface area contributed by atoms with E-state index in [1.165, 1.54) is 0 Å². The summed E-state index contributed by atoms with van der Waals surface area (Å²) in [6.07, 6.45) is 6.47. The van der Waals surface area contributed by atoms with Gasteiger partial charge in [-0.15, -0.1) is 0 Å². The molecule has 3 N–H and O–H groups in total. The van der Waals surface area contributed by atoms with Crippen molar-refractivity contribution < 1.29 is 4.42 Å². The molecular formula is C10H12N4O. The van der Waals surface area contributed by atoms with Gasteiger partial charge in [-0.25, -0.2) is 9.97 Å². The van der Waals surface area contributed by atoms with Gasteiger partial charge >= 0.3 is 0 Å². The van der Waals surface area contributed by atoms with Crippen LogP contribution in [0.1, 0.15) is 18.5 Å². The number of nitrogens with two attached hydrogens (primary N) is 1. The highest BCUT2D eigenvalue weighted by molar-refractivity contribution is 5.55. The van der Waals surface area contributed by atoms with Crippen molar-refractivity contribution in [1.82, 2.24) is 9.97 Å². The van der Waals surface area contributed by atoms with Crippen LogP contribution in [0.25, 0.3) is 0 Å². The van der Waals surface area contributed by atoms with Gasteiger partial charge in [0, 0.05) is 18.0 Å². The van der Waals surface area contributed by atoms with Crippen LogP contribution >= 0.6 is 0 Å². The van der Waals surface area contributed by atoms with E-state index in [4.69, 9.17) is 10.2 Å². The number of hydrogen-bond donors (Lipinski definition) is 2. The van der Waals surface area contributed by atoms with Crippen molar-refractivity contribution in [3.05, 3.63) is 36.5 Å². The molecule has 0 unspecified atom stereocenters. The van der Waals surface area contributed by atoms with Crippen molar-refractivity contribution in [2.24, 2.45) is 0 Å². The van der Waals surface area contributed by atoms with Crippen LogP contribution < -0.4 is 11.1 Å². The molecule has 2 heterocycles. The fourth-order valence-electron chi connectivity index (χ4n) is 1.27. The molecule has 0 radical (unpaired) electrons. The van der Waals surface area contributed by atoms with E-state index in [1.807, 2.05) is 13.0 Å². The van der Waals surface area contributed by atoms with Crippen molar-refractivity contribution in [2.45, 2.75) is 13.0 Å². The largest absolute Gasteiger partial charge is 0.472 e. The van der Waals surface area contributed by atoms with E-state index in [9.17, 15) is 0 Å². The molecule has 0 aliphatic carbocycles. The summed E-state index contributed by atoms with van der Waals surface area (Å²) in [5, 5.41) is 3.15. The Labute approximate surface area is 87.3 Å². The normalized spacial score (nSPS) is 12.3. The van der Waals surface area contributed by atoms with E-state index in [0.717, 1.165) is 5.56 Å². The second-order valence-electron chi connectivity index (χ2n) is 3.21. The predicted octanol–water partition coefficient (Wildman–Crippen LogP) is 1.82. The second kappa shape index (κ2) is 4.00. The molecule has 2 aromatic heterocycles. The van der Waals surface area contributed by atoms with E-state index in [2.05, 4.69) is 15.3 Å². The number of hydrogen-bond acceptors (Lipinski definition) is 5. The number of nitrogen functional groups attached to an aromatic ring is 1. The summed E-state index contributed by atoms with van der Waals surface area (Å²) in [4.78, 5) is 8.04. The Balaban J connectivity index is 2.13. The summed E-state index contributed by atoms with van der Waals surface area (Å²) in [5.74, 6) is 0.985. The molecule has 0 amide bonds. The number of aromatic nitrogens is 2. The molecule has 0 bridgehead atoms. The molecule has 78 valence electrons. The number of rotatable bonds is 3. The lowest BCUT2D eigenvalue weighted by molar-refractivity contribution is 0.562. The third-order valence-corrected chi connectivity index (χ3v) is 2.12. The number of nitrogens with one attached hydrogen (secondary N) is 1. The number of anilines is 2. The van der Waals surface area contributed by atoms with Gasteiger partial charge in [-0.1, -0.05) is 0 Å². The second-order valence-corrected chi connectivity index (χ2v) is 3.21. The summed E-state index contributed by atoms with van der Waals surface area (Å²) in [6, 6.07) is 1.98. The molecular weight excluding hydrogens is 192 g/mol. The highest BCUT2D eigenvalue weighted by atomic mass is 16.3. The molecule has 5 nitrogen and oxygen atoms in total. The Morgan fingerprint density at radius 1 is 1.40 bits per heavy atom. The zero-order valence-corrected chi connectivity index (χ0v) is 8.34. The Bertz CT molecular complexity index is 427. The molecule has 2 rings (SSSR count). The summed E-state index contributed by atoms with van der Waals surface area (Å²) in [6.45, 7) is 2.00. The van der Waals surface area contributed by atoms with Crippen LogP contribution in [0.3, 0.4) is 0 Å². The van der Waals surface area contributed by atoms with E-state index < -0.39 is 0 Å². The molecule has 15 heavy (non-hydrogen) atoms. The van der Waals surface area contributed by atoms with E-state index in [-0.39, 0.29) is 6.04 Å². The van der Waals surface area contributed by atoms with Crippen molar-refractivity contribution in [3.63, 3.8) is 0 Å². The van der Waals surface area contributed by atoms with Crippen LogP contribution in [-0.2, 0) is 0 Å². The minimum absolute atomic E-state index is 0.0859. The van der Waals surface area contributed by atoms with E-state index in [1.54, 1.807) is 24.9 Å². The molecule has 5 heteroatoms. The van der Waals surface area contributed by atoms with Crippen LogP contribution in [-0.4, -0.2) is 9.97 Å². The molecule has 1 atom stereocenters. The minimum Gasteiger partial charge on any atom is -0.472 e. The molecule has 0 spiro atoms. The molecule has 0 aliphatic rings. The number of furan rings is 1. The maximum Gasteiger partial charge on any atom is 0.169 e. The lowest BCUT2D eigenvalue weighted by Crippen LogP contribution is -2.09. The monoisotopic (exact) mass is 204 g/mol. The van der Waals surface area contributed by atoms with Gasteiger partial charge in [0.15, 0.2) is 11.6 Å². The maximum atomic E-state index is 5.66. The van der Waals surface area contributed by atoms with Gasteiger partial charge in [0.1, 0.15) is 0 Å². The van der Waals surface area contributed by atoms with Gasteiger partial charge in [0.25, 0.3) is 0 Å². The van der Waals surface area contributed by atoms with Crippen molar-refractivity contribution in [1.29, 1.82) is 0 Å². The highest BCUT2D eigenvalue weighted by Crippen LogP contribution is 2.20. The molecule has 0 fully saturated rings. The standard InChI is InChI=1S/C10H12N4O/c1-7(8-2-5-15-6-8)14-10-9(11)12-3-4-13-10/h2-7H,1H3,(H2,11,12)(H,13,14)/t7-/m0/s1. The summed E-state index contributed by atoms with van der Waals surface area (Å²) < 4.78 is 5.00. The predicted molar refractivity (Wildman–Crippen MR) is 57.2 cm³/mol. The first-order valence-corrected chi connectivity index (χ1v) is 4.62. The zero-order valence-electron chi connectivity index (χ0n) is 8.34. The van der Waals surface area contributed by atoms with Crippen LogP contribution in [0.15, 0.2) is 35.4 Å². The maximum absolute atomic E-state index is 5.66. The van der Waals surface area contributed by atoms with E-state index in [0.29, 0.717) is 11.6 Å². The third kappa shape index (κ3) is 2.07. The van der Waals surface area contributed by atoms with Gasteiger partial charge in [-0.3, -0.25) is 0 Å².